The molecule has 1 N–H and O–H groups in total. The molecule has 0 aliphatic heterocycles. The number of carbonyl (C=O) groups excluding carboxylic acids is 1. The second-order valence-electron chi connectivity index (χ2n) is 5.95. The van der Waals surface area contributed by atoms with E-state index >= 15 is 0 Å². The Morgan fingerprint density at radius 3 is 2.71 bits per heavy atom. The second kappa shape index (κ2) is 7.57. The third kappa shape index (κ3) is 3.44. The molecule has 0 bridgehead atoms. The number of benzene rings is 2. The summed E-state index contributed by atoms with van der Waals surface area (Å²) in [5, 5.41) is 17.0. The lowest BCUT2D eigenvalue weighted by atomic mass is 10.1. The summed E-state index contributed by atoms with van der Waals surface area (Å²) in [5.41, 5.74) is 1.98. The fraction of sp³-hybridized carbons (Fsp3) is 0.158. The van der Waals surface area contributed by atoms with Crippen LogP contribution in [0, 0.1) is 0 Å². The molecule has 9 heteroatoms. The molecule has 2 aromatic carbocycles. The number of nitrogens with one attached hydrogen (secondary N) is 1. The Kier molecular flexibility index (Phi) is 4.97. The number of halogens is 1. The van der Waals surface area contributed by atoms with Crippen molar-refractivity contribution in [2.75, 3.05) is 12.4 Å². The zero-order valence-corrected chi connectivity index (χ0v) is 16.7. The molecule has 0 radical (unpaired) electrons. The summed E-state index contributed by atoms with van der Waals surface area (Å²) in [7, 11) is 1.51. The van der Waals surface area contributed by atoms with E-state index < -0.39 is 0 Å². The SMILES string of the molecule is CCc1nnc2sc(-c3ccc(NC(=O)c4cc(Cl)ccc4OC)cc3)nn12. The van der Waals surface area contributed by atoms with Crippen molar-refractivity contribution in [1.82, 2.24) is 19.8 Å². The Labute approximate surface area is 169 Å². The summed E-state index contributed by atoms with van der Waals surface area (Å²) in [4.78, 5) is 13.3. The smallest absolute Gasteiger partial charge is 0.259 e. The van der Waals surface area contributed by atoms with E-state index in [1.807, 2.05) is 31.2 Å². The topological polar surface area (TPSA) is 81.4 Å². The Bertz CT molecular complexity index is 1150. The molecule has 0 saturated carbocycles. The number of methoxy groups -OCH3 is 1. The fourth-order valence-electron chi connectivity index (χ4n) is 2.75. The first-order valence-electron chi connectivity index (χ1n) is 8.55. The third-order valence-electron chi connectivity index (χ3n) is 4.17. The third-order valence-corrected chi connectivity index (χ3v) is 5.35. The summed E-state index contributed by atoms with van der Waals surface area (Å²) < 4.78 is 7.00. The average Bonchev–Trinajstić information content (AvgIpc) is 3.29. The minimum absolute atomic E-state index is 0.293. The monoisotopic (exact) mass is 413 g/mol. The Hall–Kier alpha value is -2.97. The molecule has 4 aromatic rings. The summed E-state index contributed by atoms with van der Waals surface area (Å²) in [6, 6.07) is 12.4. The van der Waals surface area contributed by atoms with Crippen molar-refractivity contribution in [2.24, 2.45) is 0 Å². The molecule has 4 rings (SSSR count). The van der Waals surface area contributed by atoms with E-state index in [9.17, 15) is 4.79 Å². The van der Waals surface area contributed by atoms with Crippen molar-refractivity contribution in [3.8, 4) is 16.3 Å². The second-order valence-corrected chi connectivity index (χ2v) is 7.34. The average molecular weight is 414 g/mol. The van der Waals surface area contributed by atoms with Crippen LogP contribution in [0.15, 0.2) is 42.5 Å². The Morgan fingerprint density at radius 1 is 1.21 bits per heavy atom. The lowest BCUT2D eigenvalue weighted by Gasteiger charge is -2.10. The van der Waals surface area contributed by atoms with Crippen LogP contribution in [0.25, 0.3) is 15.5 Å². The molecule has 0 aliphatic rings. The van der Waals surface area contributed by atoms with Gasteiger partial charge >= 0.3 is 0 Å². The normalized spacial score (nSPS) is 11.0. The molecule has 2 aromatic heterocycles. The van der Waals surface area contributed by atoms with Crippen LogP contribution in [0.5, 0.6) is 5.75 Å². The van der Waals surface area contributed by atoms with Crippen molar-refractivity contribution in [3.05, 3.63) is 58.9 Å². The molecule has 28 heavy (non-hydrogen) atoms. The van der Waals surface area contributed by atoms with Gasteiger partial charge in [0.1, 0.15) is 10.8 Å². The molecule has 142 valence electrons. The van der Waals surface area contributed by atoms with Crippen molar-refractivity contribution < 1.29 is 9.53 Å². The van der Waals surface area contributed by atoms with Crippen LogP contribution in [0.4, 0.5) is 5.69 Å². The highest BCUT2D eigenvalue weighted by atomic mass is 35.5. The molecule has 0 spiro atoms. The number of aryl methyl sites for hydroxylation is 1. The van der Waals surface area contributed by atoms with Crippen LogP contribution in [0.1, 0.15) is 23.1 Å². The van der Waals surface area contributed by atoms with Crippen LogP contribution in [-0.2, 0) is 6.42 Å². The Balaban J connectivity index is 1.55. The molecule has 0 fully saturated rings. The van der Waals surface area contributed by atoms with Crippen molar-refractivity contribution >= 4 is 39.5 Å². The van der Waals surface area contributed by atoms with Crippen molar-refractivity contribution in [1.29, 1.82) is 0 Å². The summed E-state index contributed by atoms with van der Waals surface area (Å²) in [5.74, 6) is 1.00. The van der Waals surface area contributed by atoms with Gasteiger partial charge in [-0.25, -0.2) is 0 Å². The predicted molar refractivity (Wildman–Crippen MR) is 109 cm³/mol. The van der Waals surface area contributed by atoms with Crippen LogP contribution in [-0.4, -0.2) is 32.8 Å². The maximum absolute atomic E-state index is 12.6. The number of fused-ring (bicyclic) bond motifs is 1. The van der Waals surface area contributed by atoms with E-state index in [-0.39, 0.29) is 5.91 Å². The summed E-state index contributed by atoms with van der Waals surface area (Å²) in [6.45, 7) is 2.02. The van der Waals surface area contributed by atoms with Gasteiger partial charge in [-0.15, -0.1) is 10.2 Å². The highest BCUT2D eigenvalue weighted by Crippen LogP contribution is 2.28. The van der Waals surface area contributed by atoms with Gasteiger partial charge in [0.05, 0.1) is 12.7 Å². The number of rotatable bonds is 5. The number of anilines is 1. The number of carbonyl (C=O) groups is 1. The largest absolute Gasteiger partial charge is 0.496 e. The highest BCUT2D eigenvalue weighted by molar-refractivity contribution is 7.19. The molecule has 1 amide bonds. The summed E-state index contributed by atoms with van der Waals surface area (Å²) >= 11 is 7.47. The number of ether oxygens (including phenoxy) is 1. The first-order valence-corrected chi connectivity index (χ1v) is 9.75. The van der Waals surface area contributed by atoms with Gasteiger partial charge in [-0.1, -0.05) is 29.9 Å². The van der Waals surface area contributed by atoms with E-state index in [4.69, 9.17) is 16.3 Å². The number of hydrogen-bond acceptors (Lipinski definition) is 6. The van der Waals surface area contributed by atoms with Gasteiger partial charge in [-0.2, -0.15) is 9.61 Å². The van der Waals surface area contributed by atoms with Crippen LogP contribution in [0.2, 0.25) is 5.02 Å². The standard InChI is InChI=1S/C19H16ClN5O2S/c1-3-16-22-23-19-25(16)24-18(28-19)11-4-7-13(8-5-11)21-17(26)14-10-12(20)6-9-15(14)27-2/h4-10H,3H2,1-2H3,(H,21,26). The predicted octanol–water partition coefficient (Wildman–Crippen LogP) is 4.33. The fourth-order valence-corrected chi connectivity index (χ4v) is 3.78. The lowest BCUT2D eigenvalue weighted by molar-refractivity contribution is 0.102. The van der Waals surface area contributed by atoms with Gasteiger partial charge in [-0.3, -0.25) is 4.79 Å². The number of aromatic nitrogens is 4. The van der Waals surface area contributed by atoms with E-state index in [2.05, 4.69) is 20.6 Å². The van der Waals surface area contributed by atoms with Gasteiger partial charge in [0.2, 0.25) is 4.96 Å². The molecule has 0 saturated heterocycles. The van der Waals surface area contributed by atoms with Crippen LogP contribution < -0.4 is 10.1 Å². The van der Waals surface area contributed by atoms with Gasteiger partial charge in [0.15, 0.2) is 5.82 Å². The first-order chi connectivity index (χ1) is 13.6. The molecule has 0 aliphatic carbocycles. The maximum Gasteiger partial charge on any atom is 0.259 e. The summed E-state index contributed by atoms with van der Waals surface area (Å²) in [6.07, 6.45) is 0.766. The van der Waals surface area contributed by atoms with Crippen LogP contribution >= 0.6 is 22.9 Å². The number of amides is 1. The Morgan fingerprint density at radius 2 is 2.00 bits per heavy atom. The number of nitrogens with zero attached hydrogens (tertiary/aromatic N) is 4. The quantitative estimate of drug-likeness (QED) is 0.526. The van der Waals surface area contributed by atoms with Crippen molar-refractivity contribution in [2.45, 2.75) is 13.3 Å². The first kappa shape index (κ1) is 18.4. The molecule has 0 unspecified atom stereocenters. The van der Waals surface area contributed by atoms with E-state index in [1.54, 1.807) is 22.7 Å². The highest BCUT2D eigenvalue weighted by Gasteiger charge is 2.14. The minimum Gasteiger partial charge on any atom is -0.496 e. The van der Waals surface area contributed by atoms with E-state index in [1.165, 1.54) is 18.4 Å². The van der Waals surface area contributed by atoms with E-state index in [0.717, 1.165) is 27.8 Å². The number of hydrogen-bond donors (Lipinski definition) is 1. The molecular formula is C19H16ClN5O2S. The van der Waals surface area contributed by atoms with Gasteiger partial charge in [0.25, 0.3) is 5.91 Å². The van der Waals surface area contributed by atoms with Gasteiger partial charge in [0, 0.05) is 22.7 Å². The van der Waals surface area contributed by atoms with E-state index in [0.29, 0.717) is 22.0 Å². The molecule has 0 atom stereocenters. The van der Waals surface area contributed by atoms with Crippen molar-refractivity contribution in [3.63, 3.8) is 0 Å². The van der Waals surface area contributed by atoms with Gasteiger partial charge < -0.3 is 10.1 Å². The van der Waals surface area contributed by atoms with Gasteiger partial charge in [-0.05, 0) is 42.5 Å². The molecular weight excluding hydrogens is 398 g/mol. The lowest BCUT2D eigenvalue weighted by Crippen LogP contribution is -2.13. The maximum atomic E-state index is 12.6. The zero-order chi connectivity index (χ0) is 19.7. The van der Waals surface area contributed by atoms with Crippen LogP contribution in [0.3, 0.4) is 0 Å². The molecule has 2 heterocycles. The molecule has 7 nitrogen and oxygen atoms in total. The zero-order valence-electron chi connectivity index (χ0n) is 15.1. The minimum atomic E-state index is -0.293.